The Morgan fingerprint density at radius 1 is 0.783 bits per heavy atom. The van der Waals surface area contributed by atoms with Crippen LogP contribution in [0.5, 0.6) is 0 Å². The predicted molar refractivity (Wildman–Crippen MR) is 81.2 cm³/mol. The molecule has 3 aliphatic heterocycles. The van der Waals surface area contributed by atoms with Gasteiger partial charge in [-0.1, -0.05) is 0 Å². The highest BCUT2D eigenvalue weighted by molar-refractivity contribution is 5.79. The molecule has 1 amide bonds. The molecule has 0 radical (unpaired) electrons. The molecule has 9 nitrogen and oxygen atoms in total. The van der Waals surface area contributed by atoms with Gasteiger partial charge in [0.25, 0.3) is 0 Å². The summed E-state index contributed by atoms with van der Waals surface area (Å²) in [5, 5.41) is 18.0. The Balaban J connectivity index is 2.05. The third-order valence-electron chi connectivity index (χ3n) is 4.27. The van der Waals surface area contributed by atoms with Crippen molar-refractivity contribution < 1.29 is 24.6 Å². The third-order valence-corrected chi connectivity index (χ3v) is 4.27. The lowest BCUT2D eigenvalue weighted by Crippen LogP contribution is -2.55. The van der Waals surface area contributed by atoms with E-state index < -0.39 is 11.9 Å². The molecule has 9 heteroatoms. The normalized spacial score (nSPS) is 25.0. The highest BCUT2D eigenvalue weighted by Gasteiger charge is 2.26. The summed E-state index contributed by atoms with van der Waals surface area (Å²) in [5.74, 6) is -1.77. The van der Waals surface area contributed by atoms with Gasteiger partial charge in [0, 0.05) is 52.4 Å². The van der Waals surface area contributed by atoms with E-state index in [1.165, 1.54) is 0 Å². The number of rotatable bonds is 4. The van der Waals surface area contributed by atoms with Crippen molar-refractivity contribution in [2.45, 2.75) is 0 Å². The first kappa shape index (κ1) is 17.6. The molecule has 3 heterocycles. The largest absolute Gasteiger partial charge is 0.480 e. The molecule has 0 saturated carbocycles. The summed E-state index contributed by atoms with van der Waals surface area (Å²) >= 11 is 0. The fourth-order valence-electron chi connectivity index (χ4n) is 2.93. The van der Waals surface area contributed by atoms with Gasteiger partial charge in [-0.15, -0.1) is 0 Å². The van der Waals surface area contributed by atoms with E-state index in [1.807, 2.05) is 4.90 Å². The van der Waals surface area contributed by atoms with Crippen molar-refractivity contribution in [3.63, 3.8) is 0 Å². The van der Waals surface area contributed by atoms with Crippen molar-refractivity contribution in [1.29, 1.82) is 0 Å². The number of carbonyl (C=O) groups excluding carboxylic acids is 1. The van der Waals surface area contributed by atoms with Gasteiger partial charge in [0.2, 0.25) is 5.91 Å². The summed E-state index contributed by atoms with van der Waals surface area (Å²) < 4.78 is 0. The van der Waals surface area contributed by atoms with Crippen LogP contribution >= 0.6 is 0 Å². The van der Waals surface area contributed by atoms with Crippen LogP contribution in [0.15, 0.2) is 0 Å². The quantitative estimate of drug-likeness (QED) is 0.606. The number of fused-ring (bicyclic) bond motifs is 9. The summed E-state index contributed by atoms with van der Waals surface area (Å²) in [6.07, 6.45) is 0. The van der Waals surface area contributed by atoms with Gasteiger partial charge in [0.15, 0.2) is 0 Å². The molecule has 1 unspecified atom stereocenters. The van der Waals surface area contributed by atoms with Crippen molar-refractivity contribution in [2.24, 2.45) is 0 Å². The van der Waals surface area contributed by atoms with Crippen LogP contribution in [-0.4, -0.2) is 120 Å². The second-order valence-electron chi connectivity index (χ2n) is 6.00. The molecule has 2 N–H and O–H groups in total. The zero-order chi connectivity index (χ0) is 16.8. The minimum Gasteiger partial charge on any atom is -0.480 e. The van der Waals surface area contributed by atoms with Crippen LogP contribution in [0.25, 0.3) is 0 Å². The minimum absolute atomic E-state index is 0.0527. The van der Waals surface area contributed by atoms with Crippen LogP contribution in [0.3, 0.4) is 0 Å². The second-order valence-corrected chi connectivity index (χ2v) is 6.00. The Hall–Kier alpha value is -1.71. The Kier molecular flexibility index (Phi) is 6.31. The number of carboxylic acids is 2. The van der Waals surface area contributed by atoms with Gasteiger partial charge in [0.1, 0.15) is 0 Å². The number of nitrogens with zero attached hydrogens (tertiary/aromatic N) is 4. The Labute approximate surface area is 135 Å². The van der Waals surface area contributed by atoms with Crippen molar-refractivity contribution in [1.82, 2.24) is 19.6 Å². The van der Waals surface area contributed by atoms with Gasteiger partial charge in [0.05, 0.1) is 19.6 Å². The maximum Gasteiger partial charge on any atom is 0.317 e. The first-order chi connectivity index (χ1) is 10.9. The van der Waals surface area contributed by atoms with E-state index in [-0.39, 0.29) is 19.0 Å². The topological polar surface area (TPSA) is 105 Å². The van der Waals surface area contributed by atoms with E-state index in [0.29, 0.717) is 52.4 Å². The molecule has 2 bridgehead atoms. The summed E-state index contributed by atoms with van der Waals surface area (Å²) in [7, 11) is 0. The number of carbonyl (C=O) groups is 3. The summed E-state index contributed by atoms with van der Waals surface area (Å²) in [5.41, 5.74) is 0. The highest BCUT2D eigenvalue weighted by atomic mass is 16.4. The molecule has 3 aliphatic rings. The Morgan fingerprint density at radius 3 is 1.74 bits per heavy atom. The zero-order valence-electron chi connectivity index (χ0n) is 13.2. The van der Waals surface area contributed by atoms with E-state index in [1.54, 1.807) is 14.7 Å². The van der Waals surface area contributed by atoms with Crippen LogP contribution in [0.1, 0.15) is 0 Å². The number of piperazine rings is 1. The van der Waals surface area contributed by atoms with Crippen molar-refractivity contribution in [2.75, 3.05) is 72.0 Å². The Bertz CT molecular complexity index is 458. The maximum atomic E-state index is 12.1. The molecule has 0 aromatic heterocycles. The van der Waals surface area contributed by atoms with Gasteiger partial charge in [-0.2, -0.15) is 0 Å². The first-order valence-corrected chi connectivity index (χ1v) is 7.82. The summed E-state index contributed by atoms with van der Waals surface area (Å²) in [4.78, 5) is 41.5. The fraction of sp³-hybridized carbons (Fsp3) is 0.786. The standard InChI is InChI=1S/C14H24N4O5/c19-12-9-15-1-2-16(10-13(20)21)3-4-17(11-14(22)23)6-8-18(12)7-5-15/h1-11H2,(H,20,21)(H,22,23). The van der Waals surface area contributed by atoms with Crippen molar-refractivity contribution >= 4 is 17.8 Å². The van der Waals surface area contributed by atoms with E-state index in [2.05, 4.69) is 0 Å². The third kappa shape index (κ3) is 5.77. The number of carboxylic acid groups (broad SMARTS) is 2. The lowest BCUT2D eigenvalue weighted by molar-refractivity contribution is -0.141. The fourth-order valence-corrected chi connectivity index (χ4v) is 2.93. The smallest absolute Gasteiger partial charge is 0.317 e. The molecule has 3 fully saturated rings. The summed E-state index contributed by atoms with van der Waals surface area (Å²) in [6, 6.07) is 0. The van der Waals surface area contributed by atoms with E-state index in [9.17, 15) is 14.4 Å². The average molecular weight is 328 g/mol. The van der Waals surface area contributed by atoms with Crippen molar-refractivity contribution in [3.8, 4) is 0 Å². The molecule has 0 spiro atoms. The maximum absolute atomic E-state index is 12.1. The number of aliphatic carboxylic acids is 2. The van der Waals surface area contributed by atoms with Crippen LogP contribution in [0, 0.1) is 0 Å². The first-order valence-electron chi connectivity index (χ1n) is 7.82. The van der Waals surface area contributed by atoms with Crippen molar-refractivity contribution in [3.05, 3.63) is 0 Å². The van der Waals surface area contributed by atoms with Crippen LogP contribution in [0.2, 0.25) is 0 Å². The van der Waals surface area contributed by atoms with Gasteiger partial charge in [-0.3, -0.25) is 29.1 Å². The second kappa shape index (κ2) is 8.23. The van der Waals surface area contributed by atoms with Gasteiger partial charge in [-0.25, -0.2) is 0 Å². The average Bonchev–Trinajstić information content (AvgIpc) is 2.46. The molecule has 3 rings (SSSR count). The molecule has 130 valence electrons. The summed E-state index contributed by atoms with van der Waals surface area (Å²) in [6.45, 7) is 4.75. The van der Waals surface area contributed by atoms with E-state index >= 15 is 0 Å². The Morgan fingerprint density at radius 2 is 1.22 bits per heavy atom. The van der Waals surface area contributed by atoms with E-state index in [4.69, 9.17) is 10.2 Å². The minimum atomic E-state index is -0.918. The van der Waals surface area contributed by atoms with Gasteiger partial charge < -0.3 is 15.1 Å². The molecule has 3 saturated heterocycles. The molecule has 0 aromatic carbocycles. The molecule has 1 atom stereocenters. The van der Waals surface area contributed by atoms with E-state index in [0.717, 1.165) is 6.54 Å². The van der Waals surface area contributed by atoms with Gasteiger partial charge >= 0.3 is 11.9 Å². The zero-order valence-corrected chi connectivity index (χ0v) is 13.2. The monoisotopic (exact) mass is 328 g/mol. The van der Waals surface area contributed by atoms with Crippen LogP contribution in [-0.2, 0) is 14.4 Å². The molecule has 0 aromatic rings. The predicted octanol–water partition coefficient (Wildman–Crippen LogP) is -2.08. The molecule has 0 aliphatic carbocycles. The van der Waals surface area contributed by atoms with Gasteiger partial charge in [-0.05, 0) is 0 Å². The highest BCUT2D eigenvalue weighted by Crippen LogP contribution is 2.06. The van der Waals surface area contributed by atoms with Crippen LogP contribution in [0.4, 0.5) is 0 Å². The molecular weight excluding hydrogens is 304 g/mol. The number of amides is 1. The SMILES string of the molecule is O=C(O)CN1CCN(CC(=O)O)CCN2CCN(CC1)CC2=O. The molecule has 23 heavy (non-hydrogen) atoms. The number of hydrogen-bond donors (Lipinski definition) is 2. The lowest BCUT2D eigenvalue weighted by atomic mass is 10.2. The lowest BCUT2D eigenvalue weighted by Gasteiger charge is -2.37. The van der Waals surface area contributed by atoms with Crippen LogP contribution < -0.4 is 0 Å². The number of hydrogen-bond acceptors (Lipinski definition) is 6. The molecular formula is C14H24N4O5.